The summed E-state index contributed by atoms with van der Waals surface area (Å²) in [6.07, 6.45) is -0.785. The fraction of sp³-hybridized carbons (Fsp3) is 0.333. The Morgan fingerprint density at radius 1 is 1.00 bits per heavy atom. The Labute approximate surface area is 125 Å². The van der Waals surface area contributed by atoms with Crippen molar-refractivity contribution in [1.82, 2.24) is 0 Å². The highest BCUT2D eigenvalue weighted by atomic mass is 19.1. The maximum absolute atomic E-state index is 13.3. The number of rotatable bonds is 4. The van der Waals surface area contributed by atoms with Crippen molar-refractivity contribution in [2.45, 2.75) is 39.7 Å². The van der Waals surface area contributed by atoms with Crippen molar-refractivity contribution >= 4 is 0 Å². The van der Waals surface area contributed by atoms with Gasteiger partial charge in [0.25, 0.3) is 0 Å². The van der Waals surface area contributed by atoms with Crippen molar-refractivity contribution < 1.29 is 14.2 Å². The van der Waals surface area contributed by atoms with E-state index in [1.807, 2.05) is 25.1 Å². The van der Waals surface area contributed by atoms with Crippen LogP contribution in [0.3, 0.4) is 0 Å². The van der Waals surface area contributed by atoms with E-state index in [4.69, 9.17) is 4.74 Å². The molecule has 0 radical (unpaired) electrons. The van der Waals surface area contributed by atoms with Gasteiger partial charge in [0, 0.05) is 5.56 Å². The highest BCUT2D eigenvalue weighted by Gasteiger charge is 2.12. The highest BCUT2D eigenvalue weighted by molar-refractivity contribution is 5.42. The van der Waals surface area contributed by atoms with Gasteiger partial charge in [0.2, 0.25) is 0 Å². The summed E-state index contributed by atoms with van der Waals surface area (Å²) in [5, 5.41) is 9.73. The summed E-state index contributed by atoms with van der Waals surface area (Å²) in [6, 6.07) is 10.1. The van der Waals surface area contributed by atoms with Gasteiger partial charge < -0.3 is 9.84 Å². The van der Waals surface area contributed by atoms with Gasteiger partial charge in [-0.2, -0.15) is 0 Å². The third-order valence-electron chi connectivity index (χ3n) is 3.51. The van der Waals surface area contributed by atoms with Crippen molar-refractivity contribution in [2.75, 3.05) is 0 Å². The molecule has 0 aliphatic rings. The molecule has 0 aliphatic carbocycles. The number of benzene rings is 2. The van der Waals surface area contributed by atoms with E-state index in [2.05, 4.69) is 13.8 Å². The molecule has 0 bridgehead atoms. The van der Waals surface area contributed by atoms with Crippen LogP contribution in [0.5, 0.6) is 11.5 Å². The summed E-state index contributed by atoms with van der Waals surface area (Å²) in [5.74, 6) is 1.23. The zero-order chi connectivity index (χ0) is 15.6. The SMILES string of the molecule is Cc1cc(Oc2ccc(F)cc2[C@@H](C)O)ccc1C(C)C. The van der Waals surface area contributed by atoms with Crippen LogP contribution in [0.4, 0.5) is 4.39 Å². The van der Waals surface area contributed by atoms with Crippen molar-refractivity contribution in [2.24, 2.45) is 0 Å². The molecule has 21 heavy (non-hydrogen) atoms. The molecule has 0 saturated carbocycles. The first-order valence-corrected chi connectivity index (χ1v) is 7.14. The zero-order valence-electron chi connectivity index (χ0n) is 12.9. The molecule has 0 aliphatic heterocycles. The number of aryl methyl sites for hydroxylation is 1. The van der Waals surface area contributed by atoms with E-state index in [9.17, 15) is 9.50 Å². The summed E-state index contributed by atoms with van der Waals surface area (Å²) in [6.45, 7) is 7.93. The fourth-order valence-corrected chi connectivity index (χ4v) is 2.43. The lowest BCUT2D eigenvalue weighted by atomic mass is 9.98. The molecule has 0 spiro atoms. The van der Waals surface area contributed by atoms with Crippen LogP contribution in [0.2, 0.25) is 0 Å². The molecule has 0 fully saturated rings. The quantitative estimate of drug-likeness (QED) is 0.847. The van der Waals surface area contributed by atoms with Gasteiger partial charge in [0.05, 0.1) is 6.10 Å². The lowest BCUT2D eigenvalue weighted by Crippen LogP contribution is -1.98. The first kappa shape index (κ1) is 15.5. The third kappa shape index (κ3) is 3.61. The van der Waals surface area contributed by atoms with E-state index in [-0.39, 0.29) is 5.82 Å². The van der Waals surface area contributed by atoms with E-state index in [0.717, 1.165) is 5.56 Å². The first-order valence-electron chi connectivity index (χ1n) is 7.14. The Morgan fingerprint density at radius 3 is 2.29 bits per heavy atom. The normalized spacial score (nSPS) is 12.5. The molecule has 0 aromatic heterocycles. The van der Waals surface area contributed by atoms with E-state index >= 15 is 0 Å². The molecular formula is C18H21FO2. The van der Waals surface area contributed by atoms with Gasteiger partial charge in [-0.15, -0.1) is 0 Å². The second-order valence-corrected chi connectivity index (χ2v) is 5.63. The Morgan fingerprint density at radius 2 is 1.71 bits per heavy atom. The minimum Gasteiger partial charge on any atom is -0.457 e. The first-order chi connectivity index (χ1) is 9.88. The van der Waals surface area contributed by atoms with Crippen LogP contribution in [0, 0.1) is 12.7 Å². The largest absolute Gasteiger partial charge is 0.457 e. The van der Waals surface area contributed by atoms with Crippen LogP contribution in [0.1, 0.15) is 49.5 Å². The number of halogens is 1. The topological polar surface area (TPSA) is 29.5 Å². The minimum atomic E-state index is -0.785. The van der Waals surface area contributed by atoms with E-state index in [1.54, 1.807) is 13.0 Å². The summed E-state index contributed by atoms with van der Waals surface area (Å²) in [7, 11) is 0. The molecule has 0 saturated heterocycles. The Kier molecular flexibility index (Phi) is 4.63. The summed E-state index contributed by atoms with van der Waals surface area (Å²) in [5.41, 5.74) is 2.88. The third-order valence-corrected chi connectivity index (χ3v) is 3.51. The average Bonchev–Trinajstić information content (AvgIpc) is 2.40. The van der Waals surface area contributed by atoms with Crippen LogP contribution in [-0.4, -0.2) is 5.11 Å². The van der Waals surface area contributed by atoms with Crippen molar-refractivity contribution in [3.63, 3.8) is 0 Å². The molecule has 112 valence electrons. The second kappa shape index (κ2) is 6.27. The van der Waals surface area contributed by atoms with Gasteiger partial charge >= 0.3 is 0 Å². The van der Waals surface area contributed by atoms with Crippen LogP contribution >= 0.6 is 0 Å². The smallest absolute Gasteiger partial charge is 0.133 e. The maximum atomic E-state index is 13.3. The van der Waals surface area contributed by atoms with Crippen molar-refractivity contribution in [3.05, 3.63) is 58.9 Å². The van der Waals surface area contributed by atoms with Gasteiger partial charge in [0.15, 0.2) is 0 Å². The average molecular weight is 288 g/mol. The van der Waals surface area contributed by atoms with Gasteiger partial charge in [-0.05, 0) is 61.2 Å². The number of hydrogen-bond acceptors (Lipinski definition) is 2. The van der Waals surface area contributed by atoms with Crippen molar-refractivity contribution in [3.8, 4) is 11.5 Å². The number of aliphatic hydroxyl groups is 1. The molecule has 2 rings (SSSR count). The van der Waals surface area contributed by atoms with E-state index in [1.165, 1.54) is 17.7 Å². The molecule has 0 unspecified atom stereocenters. The molecule has 0 amide bonds. The van der Waals surface area contributed by atoms with Gasteiger partial charge in [-0.25, -0.2) is 4.39 Å². The van der Waals surface area contributed by atoms with Crippen molar-refractivity contribution in [1.29, 1.82) is 0 Å². The summed E-state index contributed by atoms with van der Waals surface area (Å²) < 4.78 is 19.1. The van der Waals surface area contributed by atoms with Gasteiger partial charge in [0.1, 0.15) is 17.3 Å². The van der Waals surface area contributed by atoms with Crippen LogP contribution in [0.15, 0.2) is 36.4 Å². The number of hydrogen-bond donors (Lipinski definition) is 1. The molecular weight excluding hydrogens is 267 g/mol. The lowest BCUT2D eigenvalue weighted by Gasteiger charge is -2.15. The predicted molar refractivity (Wildman–Crippen MR) is 82.4 cm³/mol. The monoisotopic (exact) mass is 288 g/mol. The minimum absolute atomic E-state index is 0.385. The zero-order valence-corrected chi connectivity index (χ0v) is 12.9. The molecule has 2 nitrogen and oxygen atoms in total. The Hall–Kier alpha value is -1.87. The maximum Gasteiger partial charge on any atom is 0.133 e. The molecule has 2 aromatic rings. The van der Waals surface area contributed by atoms with E-state index in [0.29, 0.717) is 23.0 Å². The summed E-state index contributed by atoms with van der Waals surface area (Å²) >= 11 is 0. The van der Waals surface area contributed by atoms with Gasteiger partial charge in [-0.1, -0.05) is 19.9 Å². The number of aliphatic hydroxyl groups excluding tert-OH is 1. The standard InChI is InChI=1S/C18H21FO2/c1-11(2)16-7-6-15(9-12(16)3)21-18-8-5-14(19)10-17(18)13(4)20/h5-11,13,20H,1-4H3/t13-/m1/s1. The Bertz CT molecular complexity index is 633. The molecule has 1 atom stereocenters. The van der Waals surface area contributed by atoms with E-state index < -0.39 is 6.10 Å². The lowest BCUT2D eigenvalue weighted by molar-refractivity contribution is 0.195. The number of ether oxygens (including phenoxy) is 1. The van der Waals surface area contributed by atoms with Crippen LogP contribution in [0.25, 0.3) is 0 Å². The highest BCUT2D eigenvalue weighted by Crippen LogP contribution is 2.32. The molecule has 1 N–H and O–H groups in total. The molecule has 2 aromatic carbocycles. The fourth-order valence-electron chi connectivity index (χ4n) is 2.43. The van der Waals surface area contributed by atoms with Crippen LogP contribution in [-0.2, 0) is 0 Å². The summed E-state index contributed by atoms with van der Waals surface area (Å²) in [4.78, 5) is 0. The molecule has 3 heteroatoms. The second-order valence-electron chi connectivity index (χ2n) is 5.63. The van der Waals surface area contributed by atoms with Crippen LogP contribution < -0.4 is 4.74 Å². The Balaban J connectivity index is 2.32. The predicted octanol–water partition coefficient (Wildman–Crippen LogP) is 5.10. The molecule has 0 heterocycles. The van der Waals surface area contributed by atoms with Gasteiger partial charge in [-0.3, -0.25) is 0 Å².